The Morgan fingerprint density at radius 1 is 1.06 bits per heavy atom. The maximum absolute atomic E-state index is 14.5. The molecule has 0 aromatic carbocycles. The summed E-state index contributed by atoms with van der Waals surface area (Å²) >= 11 is 1.47. The summed E-state index contributed by atoms with van der Waals surface area (Å²) in [5, 5.41) is 8.42. The fourth-order valence-corrected chi connectivity index (χ4v) is 7.12. The van der Waals surface area contributed by atoms with Gasteiger partial charge in [-0.25, -0.2) is 14.4 Å². The van der Waals surface area contributed by atoms with Crippen molar-refractivity contribution >= 4 is 49.8 Å². The quantitative estimate of drug-likeness (QED) is 0.0690. The molecule has 5 atom stereocenters. The van der Waals surface area contributed by atoms with E-state index in [4.69, 9.17) is 14.2 Å². The van der Waals surface area contributed by atoms with Crippen molar-refractivity contribution < 1.29 is 38.2 Å². The zero-order valence-electron chi connectivity index (χ0n) is 29.7. The van der Waals surface area contributed by atoms with Crippen molar-refractivity contribution in [1.29, 1.82) is 0 Å². The van der Waals surface area contributed by atoms with Crippen LogP contribution < -0.4 is 16.0 Å². The summed E-state index contributed by atoms with van der Waals surface area (Å²) < 4.78 is 15.4. The monoisotopic (exact) mass is 696 g/mol. The first-order valence-corrected chi connectivity index (χ1v) is 21.0. The number of allylic oxidation sites excluding steroid dienone is 1. The van der Waals surface area contributed by atoms with Gasteiger partial charge in [-0.05, 0) is 72.6 Å². The molecule has 1 aliphatic heterocycles. The highest BCUT2D eigenvalue weighted by molar-refractivity contribution is 8.00. The van der Waals surface area contributed by atoms with Crippen LogP contribution in [-0.2, 0) is 28.6 Å². The van der Waals surface area contributed by atoms with Gasteiger partial charge in [0.15, 0.2) is 0 Å². The molecular weight excluding hydrogens is 641 g/mol. The van der Waals surface area contributed by atoms with Gasteiger partial charge < -0.3 is 35.1 Å². The molecule has 0 radical (unpaired) electrons. The third-order valence-corrected chi connectivity index (χ3v) is 11.1. The molecule has 12 nitrogen and oxygen atoms in total. The second kappa shape index (κ2) is 16.4. The molecule has 0 aromatic rings. The highest BCUT2D eigenvalue weighted by atomic mass is 32.2. The molecule has 1 aliphatic carbocycles. The number of thioether (sulfide) groups is 1. The molecule has 0 spiro atoms. The van der Waals surface area contributed by atoms with Crippen molar-refractivity contribution in [2.75, 3.05) is 25.5 Å². The average Bonchev–Trinajstić information content (AvgIpc) is 3.49. The molecule has 4 amide bonds. The van der Waals surface area contributed by atoms with Crippen LogP contribution in [0.1, 0.15) is 60.8 Å². The molecule has 14 heteroatoms. The fraction of sp³-hybridized carbons (Fsp3) is 0.727. The molecule has 3 N–H and O–H groups in total. The first kappa shape index (κ1) is 40.2. The third kappa shape index (κ3) is 11.9. The number of amides is 4. The maximum atomic E-state index is 14.5. The largest absolute Gasteiger partial charge is 0.464 e. The van der Waals surface area contributed by atoms with Crippen LogP contribution in [0.5, 0.6) is 0 Å². The second-order valence-electron chi connectivity index (χ2n) is 14.9. The van der Waals surface area contributed by atoms with E-state index in [-0.39, 0.29) is 32.1 Å². The smallest absolute Gasteiger partial charge is 0.408 e. The Kier molecular flexibility index (Phi) is 14.0. The Morgan fingerprint density at radius 2 is 1.72 bits per heavy atom. The SMILES string of the molecule is C=CCCSC(C)(C)C(NC(=O)OC(C)(C)C)C(=O)N1CC(NC(=O)OCC[Si](C)(C)C)CC1C(=O)NC1(C(=O)OCC)CC1C=C. The Labute approximate surface area is 285 Å². The Balaban J connectivity index is 2.42. The summed E-state index contributed by atoms with van der Waals surface area (Å²) in [6, 6.07) is -2.01. The highest BCUT2D eigenvalue weighted by Crippen LogP contribution is 2.45. The predicted octanol–water partition coefficient (Wildman–Crippen LogP) is 4.63. The van der Waals surface area contributed by atoms with E-state index < -0.39 is 72.1 Å². The predicted molar refractivity (Wildman–Crippen MR) is 187 cm³/mol. The van der Waals surface area contributed by atoms with Crippen molar-refractivity contribution in [1.82, 2.24) is 20.9 Å². The molecule has 5 unspecified atom stereocenters. The van der Waals surface area contributed by atoms with E-state index in [0.717, 1.165) is 6.04 Å². The molecule has 0 bridgehead atoms. The molecular formula is C33H56N4O8SSi. The summed E-state index contributed by atoms with van der Waals surface area (Å²) in [5.74, 6) is -1.35. The summed E-state index contributed by atoms with van der Waals surface area (Å²) in [5.41, 5.74) is -2.09. The van der Waals surface area contributed by atoms with Crippen LogP contribution in [0.15, 0.2) is 25.3 Å². The van der Waals surface area contributed by atoms with Crippen molar-refractivity contribution in [3.8, 4) is 0 Å². The zero-order chi connectivity index (χ0) is 35.8. The van der Waals surface area contributed by atoms with E-state index >= 15 is 0 Å². The molecule has 47 heavy (non-hydrogen) atoms. The number of ether oxygens (including phenoxy) is 3. The summed E-state index contributed by atoms with van der Waals surface area (Å²) in [4.78, 5) is 68.5. The van der Waals surface area contributed by atoms with Crippen LogP contribution in [0.3, 0.4) is 0 Å². The molecule has 1 saturated heterocycles. The Bertz CT molecular complexity index is 1180. The summed E-state index contributed by atoms with van der Waals surface area (Å²) in [7, 11) is -1.44. The summed E-state index contributed by atoms with van der Waals surface area (Å²) in [6.07, 6.45) is 3.03. The lowest BCUT2D eigenvalue weighted by molar-refractivity contribution is -0.150. The summed E-state index contributed by atoms with van der Waals surface area (Å²) in [6.45, 7) is 25.0. The minimum absolute atomic E-state index is 0.0166. The maximum Gasteiger partial charge on any atom is 0.408 e. The number of esters is 1. The number of rotatable bonds is 16. The van der Waals surface area contributed by atoms with E-state index in [1.165, 1.54) is 16.7 Å². The topological polar surface area (TPSA) is 152 Å². The molecule has 1 saturated carbocycles. The van der Waals surface area contributed by atoms with Gasteiger partial charge in [0.1, 0.15) is 23.2 Å². The van der Waals surface area contributed by atoms with Crippen LogP contribution in [0.2, 0.25) is 25.7 Å². The van der Waals surface area contributed by atoms with Crippen molar-refractivity contribution in [3.05, 3.63) is 25.3 Å². The van der Waals surface area contributed by atoms with Gasteiger partial charge in [0, 0.05) is 25.3 Å². The van der Waals surface area contributed by atoms with Gasteiger partial charge >= 0.3 is 18.2 Å². The lowest BCUT2D eigenvalue weighted by Crippen LogP contribution is -2.61. The van der Waals surface area contributed by atoms with Gasteiger partial charge in [0.2, 0.25) is 11.8 Å². The molecule has 1 heterocycles. The third-order valence-electron chi connectivity index (χ3n) is 7.98. The number of carbonyl (C=O) groups excluding carboxylic acids is 5. The molecule has 2 aliphatic rings. The van der Waals surface area contributed by atoms with E-state index in [2.05, 4.69) is 48.7 Å². The molecule has 2 rings (SSSR count). The first-order chi connectivity index (χ1) is 21.7. The van der Waals surface area contributed by atoms with Crippen molar-refractivity contribution in [3.63, 3.8) is 0 Å². The normalized spacial score (nSPS) is 23.2. The number of hydrogen-bond donors (Lipinski definition) is 3. The van der Waals surface area contributed by atoms with Crippen LogP contribution in [0.25, 0.3) is 0 Å². The van der Waals surface area contributed by atoms with Crippen molar-refractivity contribution in [2.45, 2.75) is 121 Å². The molecule has 0 aromatic heterocycles. The van der Waals surface area contributed by atoms with Crippen molar-refractivity contribution in [2.24, 2.45) is 5.92 Å². The van der Waals surface area contributed by atoms with Crippen LogP contribution in [-0.4, -0.2) is 102 Å². The lowest BCUT2D eigenvalue weighted by atomic mass is 10.0. The number of hydrogen-bond acceptors (Lipinski definition) is 9. The van der Waals surface area contributed by atoms with Gasteiger partial charge in [-0.1, -0.05) is 31.8 Å². The minimum Gasteiger partial charge on any atom is -0.464 e. The standard InChI is InChI=1S/C33H56N4O8SSi/c1-12-15-17-46-32(7,8)25(35-30(42)45-31(4,5)6)27(39)37-21-23(34-29(41)44-16-18-47(9,10)11)19-24(37)26(38)36-33(20-22(33)13-2)28(40)43-14-3/h12-13,22-25H,1-2,14-21H2,3-11H3,(H,34,41)(H,35,42)(H,36,38). The number of likely N-dealkylation sites (tertiary alicyclic amines) is 1. The first-order valence-electron chi connectivity index (χ1n) is 16.3. The van der Waals surface area contributed by atoms with Gasteiger partial charge in [0.05, 0.1) is 19.3 Å². The van der Waals surface area contributed by atoms with Gasteiger partial charge in [-0.2, -0.15) is 11.8 Å². The van der Waals surface area contributed by atoms with Crippen LogP contribution >= 0.6 is 11.8 Å². The van der Waals surface area contributed by atoms with Gasteiger partial charge in [-0.3, -0.25) is 9.59 Å². The average molecular weight is 697 g/mol. The number of nitrogens with one attached hydrogen (secondary N) is 3. The van der Waals surface area contributed by atoms with E-state index in [1.54, 1.807) is 39.8 Å². The minimum atomic E-state index is -1.44. The lowest BCUT2D eigenvalue weighted by Gasteiger charge is -2.37. The van der Waals surface area contributed by atoms with E-state index in [0.29, 0.717) is 18.6 Å². The van der Waals surface area contributed by atoms with Gasteiger partial charge in [0.25, 0.3) is 0 Å². The number of carbonyl (C=O) groups is 5. The van der Waals surface area contributed by atoms with Gasteiger partial charge in [-0.15, -0.1) is 13.2 Å². The van der Waals surface area contributed by atoms with E-state index in [9.17, 15) is 24.0 Å². The van der Waals surface area contributed by atoms with Crippen LogP contribution in [0, 0.1) is 5.92 Å². The molecule has 266 valence electrons. The van der Waals surface area contributed by atoms with E-state index in [1.807, 2.05) is 13.8 Å². The number of nitrogens with zero attached hydrogens (tertiary/aromatic N) is 1. The fourth-order valence-electron chi connectivity index (χ4n) is 5.27. The Morgan fingerprint density at radius 3 is 2.26 bits per heavy atom. The molecule has 2 fully saturated rings. The highest BCUT2D eigenvalue weighted by Gasteiger charge is 2.62. The zero-order valence-corrected chi connectivity index (χ0v) is 31.5. The number of alkyl carbamates (subject to hydrolysis) is 2. The Hall–Kier alpha value is -3.00. The van der Waals surface area contributed by atoms with Crippen LogP contribution in [0.4, 0.5) is 9.59 Å². The second-order valence-corrected chi connectivity index (χ2v) is 22.2.